The molecule has 0 aliphatic heterocycles. The molecule has 0 aliphatic carbocycles. The summed E-state index contributed by atoms with van der Waals surface area (Å²) in [6, 6.07) is 1.52. The van der Waals surface area contributed by atoms with Crippen LogP contribution in [0.15, 0.2) is 18.2 Å². The van der Waals surface area contributed by atoms with E-state index in [-0.39, 0.29) is 18.0 Å². The van der Waals surface area contributed by atoms with Gasteiger partial charge in [0.25, 0.3) is 0 Å². The van der Waals surface area contributed by atoms with E-state index in [1.165, 1.54) is 0 Å². The molecule has 0 bridgehead atoms. The van der Waals surface area contributed by atoms with E-state index in [1.54, 1.807) is 0 Å². The van der Waals surface area contributed by atoms with Gasteiger partial charge in [-0.1, -0.05) is 0 Å². The van der Waals surface area contributed by atoms with E-state index in [0.717, 1.165) is 19.2 Å². The van der Waals surface area contributed by atoms with E-state index in [1.807, 2.05) is 0 Å². The molecule has 0 aromatic heterocycles. The van der Waals surface area contributed by atoms with Crippen molar-refractivity contribution in [1.29, 1.82) is 0 Å². The van der Waals surface area contributed by atoms with Crippen molar-refractivity contribution in [2.45, 2.75) is 6.04 Å². The van der Waals surface area contributed by atoms with Gasteiger partial charge < -0.3 is 10.5 Å². The number of methoxy groups -OCH3 is 1. The van der Waals surface area contributed by atoms with E-state index in [2.05, 4.69) is 4.74 Å². The fraction of sp³-hybridized carbons (Fsp3) is 0.222. The van der Waals surface area contributed by atoms with Crippen molar-refractivity contribution < 1.29 is 18.3 Å². The molecule has 0 fully saturated rings. The van der Waals surface area contributed by atoms with Crippen LogP contribution in [0.2, 0.25) is 0 Å². The Balaban J connectivity index is 0.00000196. The van der Waals surface area contributed by atoms with Crippen LogP contribution in [0.5, 0.6) is 0 Å². The van der Waals surface area contributed by atoms with E-state index >= 15 is 0 Å². The number of ether oxygens (including phenoxy) is 1. The van der Waals surface area contributed by atoms with Crippen molar-refractivity contribution in [2.75, 3.05) is 7.11 Å². The molecule has 15 heavy (non-hydrogen) atoms. The molecule has 0 saturated heterocycles. The Bertz CT molecular complexity index is 340. The maximum absolute atomic E-state index is 12.7. The van der Waals surface area contributed by atoms with Gasteiger partial charge in [-0.25, -0.2) is 8.78 Å². The first-order valence-electron chi connectivity index (χ1n) is 3.84. The molecule has 0 radical (unpaired) electrons. The molecular formula is C9H10ClF2NO2. The predicted octanol–water partition coefficient (Wildman–Crippen LogP) is 1.56. The number of esters is 1. The number of hydrogen-bond donors (Lipinski definition) is 1. The molecule has 0 amide bonds. The maximum Gasteiger partial charge on any atom is 0.327 e. The van der Waals surface area contributed by atoms with Crippen LogP contribution in [0.4, 0.5) is 8.78 Å². The number of hydrogen-bond acceptors (Lipinski definition) is 3. The zero-order valence-corrected chi connectivity index (χ0v) is 8.68. The summed E-state index contributed by atoms with van der Waals surface area (Å²) in [5.41, 5.74) is 5.43. The maximum atomic E-state index is 12.7. The monoisotopic (exact) mass is 237 g/mol. The number of carbonyl (C=O) groups excluding carboxylic acids is 1. The molecule has 1 aromatic rings. The van der Waals surface area contributed by atoms with Crippen molar-refractivity contribution in [3.8, 4) is 0 Å². The van der Waals surface area contributed by atoms with Gasteiger partial charge in [0.05, 0.1) is 7.11 Å². The lowest BCUT2D eigenvalue weighted by Gasteiger charge is -2.09. The average Bonchev–Trinajstić information content (AvgIpc) is 2.14. The van der Waals surface area contributed by atoms with Gasteiger partial charge in [-0.3, -0.25) is 4.79 Å². The first-order chi connectivity index (χ1) is 6.54. The van der Waals surface area contributed by atoms with Gasteiger partial charge in [0.1, 0.15) is 17.7 Å². The second-order valence-corrected chi connectivity index (χ2v) is 2.70. The van der Waals surface area contributed by atoms with Crippen LogP contribution in [0.3, 0.4) is 0 Å². The summed E-state index contributed by atoms with van der Waals surface area (Å²) >= 11 is 0. The molecule has 3 nitrogen and oxygen atoms in total. The first-order valence-corrected chi connectivity index (χ1v) is 3.84. The Labute approximate surface area is 91.6 Å². The van der Waals surface area contributed by atoms with Crippen LogP contribution in [0.1, 0.15) is 11.6 Å². The number of halogens is 3. The van der Waals surface area contributed by atoms with Crippen molar-refractivity contribution in [1.82, 2.24) is 0 Å². The van der Waals surface area contributed by atoms with E-state index in [9.17, 15) is 13.6 Å². The SMILES string of the molecule is COC(=O)[C@@H](N)c1cc(F)cc(F)c1.Cl. The van der Waals surface area contributed by atoms with Crippen molar-refractivity contribution in [2.24, 2.45) is 5.73 Å². The summed E-state index contributed by atoms with van der Waals surface area (Å²) in [6.45, 7) is 0. The van der Waals surface area contributed by atoms with Gasteiger partial charge in [0, 0.05) is 6.07 Å². The van der Waals surface area contributed by atoms with Crippen LogP contribution in [0, 0.1) is 11.6 Å². The average molecular weight is 238 g/mol. The van der Waals surface area contributed by atoms with Gasteiger partial charge in [-0.2, -0.15) is 0 Å². The zero-order valence-electron chi connectivity index (χ0n) is 7.87. The summed E-state index contributed by atoms with van der Waals surface area (Å²) in [7, 11) is 1.15. The van der Waals surface area contributed by atoms with E-state index in [4.69, 9.17) is 5.73 Å². The molecule has 2 N–H and O–H groups in total. The second kappa shape index (κ2) is 5.63. The van der Waals surface area contributed by atoms with Gasteiger partial charge in [0.2, 0.25) is 0 Å². The quantitative estimate of drug-likeness (QED) is 0.795. The molecule has 1 rings (SSSR count). The second-order valence-electron chi connectivity index (χ2n) is 2.70. The number of rotatable bonds is 2. The first kappa shape index (κ1) is 13.8. The van der Waals surface area contributed by atoms with Crippen molar-refractivity contribution >= 4 is 18.4 Å². The molecule has 6 heteroatoms. The zero-order chi connectivity index (χ0) is 10.7. The highest BCUT2D eigenvalue weighted by Crippen LogP contribution is 2.15. The number of benzene rings is 1. The van der Waals surface area contributed by atoms with Crippen LogP contribution in [-0.4, -0.2) is 13.1 Å². The summed E-state index contributed by atoms with van der Waals surface area (Å²) < 4.78 is 29.8. The Morgan fingerprint density at radius 2 is 1.80 bits per heavy atom. The number of carbonyl (C=O) groups is 1. The number of nitrogens with two attached hydrogens (primary N) is 1. The highest BCUT2D eigenvalue weighted by molar-refractivity contribution is 5.85. The molecule has 0 saturated carbocycles. The topological polar surface area (TPSA) is 52.3 Å². The van der Waals surface area contributed by atoms with Crippen LogP contribution in [0.25, 0.3) is 0 Å². The summed E-state index contributed by atoms with van der Waals surface area (Å²) in [4.78, 5) is 10.9. The minimum atomic E-state index is -1.16. The van der Waals surface area contributed by atoms with Gasteiger partial charge in [-0.05, 0) is 17.7 Å². The third-order valence-corrected chi connectivity index (χ3v) is 1.70. The lowest BCUT2D eigenvalue weighted by atomic mass is 10.1. The minimum Gasteiger partial charge on any atom is -0.468 e. The molecule has 0 aliphatic rings. The normalized spacial score (nSPS) is 11.5. The summed E-state index contributed by atoms with van der Waals surface area (Å²) in [6.07, 6.45) is 0. The predicted molar refractivity (Wildman–Crippen MR) is 52.6 cm³/mol. The Hall–Kier alpha value is -1.20. The summed E-state index contributed by atoms with van der Waals surface area (Å²) in [5.74, 6) is -2.30. The Morgan fingerprint density at radius 1 is 1.33 bits per heavy atom. The molecule has 84 valence electrons. The van der Waals surface area contributed by atoms with Crippen molar-refractivity contribution in [3.63, 3.8) is 0 Å². The molecule has 1 aromatic carbocycles. The van der Waals surface area contributed by atoms with E-state index in [0.29, 0.717) is 6.07 Å². The van der Waals surface area contributed by atoms with Gasteiger partial charge in [0.15, 0.2) is 0 Å². The fourth-order valence-corrected chi connectivity index (χ4v) is 1.02. The van der Waals surface area contributed by atoms with Crippen LogP contribution in [-0.2, 0) is 9.53 Å². The molecule has 1 atom stereocenters. The highest BCUT2D eigenvalue weighted by Gasteiger charge is 2.17. The highest BCUT2D eigenvalue weighted by atomic mass is 35.5. The van der Waals surface area contributed by atoms with Gasteiger partial charge in [-0.15, -0.1) is 12.4 Å². The smallest absolute Gasteiger partial charge is 0.327 e. The molecule has 0 heterocycles. The third-order valence-electron chi connectivity index (χ3n) is 1.70. The van der Waals surface area contributed by atoms with Crippen LogP contribution >= 0.6 is 12.4 Å². The summed E-state index contributed by atoms with van der Waals surface area (Å²) in [5, 5.41) is 0. The Morgan fingerprint density at radius 3 is 2.20 bits per heavy atom. The largest absolute Gasteiger partial charge is 0.468 e. The van der Waals surface area contributed by atoms with Crippen molar-refractivity contribution in [3.05, 3.63) is 35.4 Å². The molecule has 0 spiro atoms. The lowest BCUT2D eigenvalue weighted by Crippen LogP contribution is -2.22. The fourth-order valence-electron chi connectivity index (χ4n) is 1.02. The van der Waals surface area contributed by atoms with Crippen LogP contribution < -0.4 is 5.73 Å². The van der Waals surface area contributed by atoms with E-state index < -0.39 is 23.6 Å². The molecular weight excluding hydrogens is 228 g/mol. The Kier molecular flexibility index (Phi) is 5.18. The molecule has 0 unspecified atom stereocenters. The lowest BCUT2D eigenvalue weighted by molar-refractivity contribution is -0.142. The minimum absolute atomic E-state index is 0. The van der Waals surface area contributed by atoms with Gasteiger partial charge >= 0.3 is 5.97 Å². The standard InChI is InChI=1S/C9H9F2NO2.ClH/c1-14-9(13)8(12)5-2-6(10)4-7(11)3-5;/h2-4,8H,12H2,1H3;1H/t8-;/m0./s1. The third kappa shape index (κ3) is 3.45.